The van der Waals surface area contributed by atoms with E-state index >= 15 is 0 Å². The highest BCUT2D eigenvalue weighted by atomic mass is 16.5. The summed E-state index contributed by atoms with van der Waals surface area (Å²) < 4.78 is 11.2. The van der Waals surface area contributed by atoms with Gasteiger partial charge in [0, 0.05) is 23.9 Å². The second-order valence-corrected chi connectivity index (χ2v) is 8.35. The monoisotopic (exact) mass is 396 g/mol. The molecule has 154 valence electrons. The first kappa shape index (κ1) is 20.7. The number of hydrogen-bond acceptors (Lipinski definition) is 4. The van der Waals surface area contributed by atoms with Crippen LogP contribution in [-0.2, 0) is 4.79 Å². The molecule has 1 aliphatic heterocycles. The summed E-state index contributed by atoms with van der Waals surface area (Å²) in [6, 6.07) is 12.4. The largest absolute Gasteiger partial charge is 0.497 e. The molecule has 2 aromatic carbocycles. The van der Waals surface area contributed by atoms with Crippen LogP contribution in [0.1, 0.15) is 38.1 Å². The standard InChI is InChI=1S/C23H28N2O4/c1-15(2)13-25-19-10-9-17(12-20(19)29-14-23(3,4)22(25)27)24-21(26)16-7-6-8-18(11-16)28-5/h6-12,15H,13-14H2,1-5H3,(H,24,26). The van der Waals surface area contributed by atoms with Gasteiger partial charge in [-0.05, 0) is 50.1 Å². The maximum atomic E-state index is 13.0. The number of nitrogens with one attached hydrogen (secondary N) is 1. The van der Waals surface area contributed by atoms with Crippen molar-refractivity contribution in [2.45, 2.75) is 27.7 Å². The summed E-state index contributed by atoms with van der Waals surface area (Å²) in [6.07, 6.45) is 0. The first-order chi connectivity index (χ1) is 13.7. The molecule has 1 heterocycles. The van der Waals surface area contributed by atoms with Crippen LogP contribution in [0.2, 0.25) is 0 Å². The Bertz CT molecular complexity index is 921. The highest BCUT2D eigenvalue weighted by molar-refractivity contribution is 6.05. The molecule has 0 aliphatic carbocycles. The van der Waals surface area contributed by atoms with Crippen molar-refractivity contribution in [3.8, 4) is 11.5 Å². The molecule has 0 atom stereocenters. The van der Waals surface area contributed by atoms with E-state index in [9.17, 15) is 9.59 Å². The van der Waals surface area contributed by atoms with Gasteiger partial charge in [0.15, 0.2) is 0 Å². The highest BCUT2D eigenvalue weighted by Crippen LogP contribution is 2.38. The van der Waals surface area contributed by atoms with Crippen molar-refractivity contribution in [1.29, 1.82) is 0 Å². The number of anilines is 2. The maximum absolute atomic E-state index is 13.0. The Morgan fingerprint density at radius 3 is 2.69 bits per heavy atom. The van der Waals surface area contributed by atoms with Crippen LogP contribution in [-0.4, -0.2) is 32.1 Å². The molecule has 6 nitrogen and oxygen atoms in total. The molecule has 6 heteroatoms. The average molecular weight is 396 g/mol. The Kier molecular flexibility index (Phi) is 5.82. The Hall–Kier alpha value is -3.02. The lowest BCUT2D eigenvalue weighted by molar-refractivity contribution is -0.127. The summed E-state index contributed by atoms with van der Waals surface area (Å²) in [5, 5.41) is 2.89. The van der Waals surface area contributed by atoms with E-state index in [4.69, 9.17) is 9.47 Å². The van der Waals surface area contributed by atoms with Gasteiger partial charge in [0.2, 0.25) is 5.91 Å². The zero-order chi connectivity index (χ0) is 21.2. The summed E-state index contributed by atoms with van der Waals surface area (Å²) in [5.41, 5.74) is 1.21. The number of benzene rings is 2. The minimum atomic E-state index is -0.627. The van der Waals surface area contributed by atoms with Crippen molar-refractivity contribution >= 4 is 23.2 Å². The van der Waals surface area contributed by atoms with E-state index in [2.05, 4.69) is 19.2 Å². The summed E-state index contributed by atoms with van der Waals surface area (Å²) in [6.45, 7) is 8.82. The summed E-state index contributed by atoms with van der Waals surface area (Å²) in [5.74, 6) is 1.32. The van der Waals surface area contributed by atoms with E-state index in [0.717, 1.165) is 5.69 Å². The molecule has 0 bridgehead atoms. The molecular weight excluding hydrogens is 368 g/mol. The SMILES string of the molecule is COc1cccc(C(=O)Nc2ccc3c(c2)OCC(C)(C)C(=O)N3CC(C)C)c1. The van der Waals surface area contributed by atoms with Crippen molar-refractivity contribution in [3.05, 3.63) is 48.0 Å². The number of rotatable bonds is 5. The van der Waals surface area contributed by atoms with Gasteiger partial charge in [-0.15, -0.1) is 0 Å². The van der Waals surface area contributed by atoms with Crippen molar-refractivity contribution in [1.82, 2.24) is 0 Å². The molecule has 0 saturated carbocycles. The average Bonchev–Trinajstić information content (AvgIpc) is 2.78. The lowest BCUT2D eigenvalue weighted by atomic mass is 9.92. The number of ether oxygens (including phenoxy) is 2. The molecule has 29 heavy (non-hydrogen) atoms. The zero-order valence-corrected chi connectivity index (χ0v) is 17.6. The number of carbonyl (C=O) groups excluding carboxylic acids is 2. The predicted molar refractivity (Wildman–Crippen MR) is 114 cm³/mol. The van der Waals surface area contributed by atoms with Crippen molar-refractivity contribution in [3.63, 3.8) is 0 Å². The number of fused-ring (bicyclic) bond motifs is 1. The Morgan fingerprint density at radius 1 is 1.24 bits per heavy atom. The van der Waals surface area contributed by atoms with E-state index in [1.54, 1.807) is 48.4 Å². The maximum Gasteiger partial charge on any atom is 0.255 e. The lowest BCUT2D eigenvalue weighted by Gasteiger charge is -2.29. The Morgan fingerprint density at radius 2 is 2.00 bits per heavy atom. The lowest BCUT2D eigenvalue weighted by Crippen LogP contribution is -2.43. The van der Waals surface area contributed by atoms with Gasteiger partial charge in [0.1, 0.15) is 18.1 Å². The molecular formula is C23H28N2O4. The molecule has 0 spiro atoms. The van der Waals surface area contributed by atoms with Crippen LogP contribution in [0.15, 0.2) is 42.5 Å². The normalized spacial score (nSPS) is 15.4. The van der Waals surface area contributed by atoms with E-state index in [0.29, 0.717) is 35.2 Å². The third-order valence-electron chi connectivity index (χ3n) is 4.80. The van der Waals surface area contributed by atoms with Gasteiger partial charge in [-0.1, -0.05) is 19.9 Å². The fourth-order valence-corrected chi connectivity index (χ4v) is 3.24. The summed E-state index contributed by atoms with van der Waals surface area (Å²) in [4.78, 5) is 27.4. The van der Waals surface area contributed by atoms with Gasteiger partial charge in [-0.2, -0.15) is 0 Å². The summed E-state index contributed by atoms with van der Waals surface area (Å²) in [7, 11) is 1.56. The van der Waals surface area contributed by atoms with Crippen LogP contribution in [0.25, 0.3) is 0 Å². The van der Waals surface area contributed by atoms with E-state index in [1.165, 1.54) is 0 Å². The van der Waals surface area contributed by atoms with Crippen LogP contribution in [0.4, 0.5) is 11.4 Å². The van der Waals surface area contributed by atoms with Crippen LogP contribution in [0.3, 0.4) is 0 Å². The van der Waals surface area contributed by atoms with Crippen LogP contribution < -0.4 is 19.7 Å². The van der Waals surface area contributed by atoms with E-state index in [1.807, 2.05) is 19.9 Å². The number of amides is 2. The zero-order valence-electron chi connectivity index (χ0n) is 17.6. The van der Waals surface area contributed by atoms with Crippen molar-refractivity contribution in [2.24, 2.45) is 11.3 Å². The summed E-state index contributed by atoms with van der Waals surface area (Å²) >= 11 is 0. The molecule has 0 fully saturated rings. The minimum Gasteiger partial charge on any atom is -0.497 e. The van der Waals surface area contributed by atoms with Gasteiger partial charge in [0.25, 0.3) is 5.91 Å². The fraction of sp³-hybridized carbons (Fsp3) is 0.391. The molecule has 0 unspecified atom stereocenters. The first-order valence-corrected chi connectivity index (χ1v) is 9.75. The molecule has 2 amide bonds. The van der Waals surface area contributed by atoms with E-state index in [-0.39, 0.29) is 18.4 Å². The Balaban J connectivity index is 1.89. The van der Waals surface area contributed by atoms with E-state index < -0.39 is 5.41 Å². The van der Waals surface area contributed by atoms with Gasteiger partial charge >= 0.3 is 0 Å². The predicted octanol–water partition coefficient (Wildman–Crippen LogP) is 4.36. The molecule has 0 saturated heterocycles. The van der Waals surface area contributed by atoms with Gasteiger partial charge in [-0.3, -0.25) is 9.59 Å². The third kappa shape index (κ3) is 4.53. The minimum absolute atomic E-state index is 0.0399. The molecule has 1 aliphatic rings. The smallest absolute Gasteiger partial charge is 0.255 e. The van der Waals surface area contributed by atoms with Crippen LogP contribution in [0, 0.1) is 11.3 Å². The molecule has 1 N–H and O–H groups in total. The van der Waals surface area contributed by atoms with Crippen LogP contribution >= 0.6 is 0 Å². The number of carbonyl (C=O) groups is 2. The fourth-order valence-electron chi connectivity index (χ4n) is 3.24. The van der Waals surface area contributed by atoms with Gasteiger partial charge in [-0.25, -0.2) is 0 Å². The van der Waals surface area contributed by atoms with Gasteiger partial charge in [0.05, 0.1) is 18.2 Å². The van der Waals surface area contributed by atoms with Crippen molar-refractivity contribution < 1.29 is 19.1 Å². The second-order valence-electron chi connectivity index (χ2n) is 8.35. The highest BCUT2D eigenvalue weighted by Gasteiger charge is 2.38. The molecule has 0 radical (unpaired) electrons. The van der Waals surface area contributed by atoms with Crippen molar-refractivity contribution in [2.75, 3.05) is 30.5 Å². The number of hydrogen-bond donors (Lipinski definition) is 1. The van der Waals surface area contributed by atoms with Gasteiger partial charge < -0.3 is 19.7 Å². The quantitative estimate of drug-likeness (QED) is 0.816. The molecule has 0 aromatic heterocycles. The number of nitrogens with zero attached hydrogens (tertiary/aromatic N) is 1. The molecule has 3 rings (SSSR count). The molecule has 2 aromatic rings. The van der Waals surface area contributed by atoms with Crippen LogP contribution in [0.5, 0.6) is 11.5 Å². The number of methoxy groups -OCH3 is 1. The third-order valence-corrected chi connectivity index (χ3v) is 4.80. The topological polar surface area (TPSA) is 67.9 Å². The second kappa shape index (κ2) is 8.15. The Labute approximate surface area is 171 Å². The first-order valence-electron chi connectivity index (χ1n) is 9.75.